The number of aryl methyl sites for hydroxylation is 2. The first kappa shape index (κ1) is 24.5. The number of rotatable bonds is 9. The van der Waals surface area contributed by atoms with E-state index in [0.717, 1.165) is 16.8 Å². The number of hydrazine groups is 1. The van der Waals surface area contributed by atoms with E-state index in [1.165, 1.54) is 0 Å². The van der Waals surface area contributed by atoms with Gasteiger partial charge in [-0.05, 0) is 55.7 Å². The number of benzene rings is 2. The van der Waals surface area contributed by atoms with Crippen LogP contribution < -0.4 is 20.9 Å². The van der Waals surface area contributed by atoms with Crippen molar-refractivity contribution >= 4 is 46.6 Å². The number of ether oxygens (including phenoxy) is 1. The van der Waals surface area contributed by atoms with Crippen molar-refractivity contribution in [1.29, 1.82) is 0 Å². The van der Waals surface area contributed by atoms with Crippen molar-refractivity contribution in [3.8, 4) is 5.75 Å². The van der Waals surface area contributed by atoms with Gasteiger partial charge in [0.05, 0.1) is 11.6 Å². The molecule has 2 aromatic carbocycles. The van der Waals surface area contributed by atoms with Crippen LogP contribution in [0.25, 0.3) is 0 Å². The summed E-state index contributed by atoms with van der Waals surface area (Å²) in [4.78, 5) is 35.7. The van der Waals surface area contributed by atoms with Gasteiger partial charge in [-0.3, -0.25) is 25.2 Å². The summed E-state index contributed by atoms with van der Waals surface area (Å²) in [6.07, 6.45) is 0.539. The molecule has 0 aromatic heterocycles. The molecule has 2 aromatic rings. The van der Waals surface area contributed by atoms with Crippen molar-refractivity contribution in [3.63, 3.8) is 0 Å². The molecule has 9 heteroatoms. The number of hydrogen-bond acceptors (Lipinski definition) is 4. The maximum atomic E-state index is 12.0. The van der Waals surface area contributed by atoms with E-state index in [1.807, 2.05) is 32.0 Å². The van der Waals surface area contributed by atoms with E-state index in [1.54, 1.807) is 18.2 Å². The van der Waals surface area contributed by atoms with Crippen molar-refractivity contribution < 1.29 is 19.1 Å². The summed E-state index contributed by atoms with van der Waals surface area (Å²) in [5.41, 5.74) is 7.32. The molecule has 0 bridgehead atoms. The van der Waals surface area contributed by atoms with Gasteiger partial charge in [0, 0.05) is 30.0 Å². The van der Waals surface area contributed by atoms with Gasteiger partial charge in [0.1, 0.15) is 5.75 Å². The molecule has 0 aliphatic rings. The Morgan fingerprint density at radius 1 is 0.871 bits per heavy atom. The average Bonchev–Trinajstić information content (AvgIpc) is 2.72. The van der Waals surface area contributed by atoms with Gasteiger partial charge in [0.25, 0.3) is 0 Å². The Hall–Kier alpha value is -2.77. The molecular weight excluding hydrogens is 441 g/mol. The van der Waals surface area contributed by atoms with Gasteiger partial charge < -0.3 is 10.1 Å². The highest BCUT2D eigenvalue weighted by Gasteiger charge is 2.10. The standard InChI is InChI=1S/C22H25Cl2N3O4/c1-14-5-6-15(2)18(12-14)25-20(28)9-10-22(30)27-26-21(29)4-3-11-31-19-8-7-16(23)13-17(19)24/h5-8,12-13H,3-4,9-11H2,1-2H3,(H,25,28)(H,26,29)(H,27,30). The highest BCUT2D eigenvalue weighted by atomic mass is 35.5. The Kier molecular flexibility index (Phi) is 9.62. The Labute approximate surface area is 191 Å². The van der Waals surface area contributed by atoms with Crippen LogP contribution in [0, 0.1) is 13.8 Å². The van der Waals surface area contributed by atoms with Crippen molar-refractivity contribution in [2.75, 3.05) is 11.9 Å². The third-order valence-corrected chi connectivity index (χ3v) is 4.82. The molecule has 0 unspecified atom stereocenters. The molecule has 0 radical (unpaired) electrons. The highest BCUT2D eigenvalue weighted by molar-refractivity contribution is 6.35. The number of nitrogens with one attached hydrogen (secondary N) is 3. The van der Waals surface area contributed by atoms with E-state index in [0.29, 0.717) is 22.2 Å². The molecule has 3 amide bonds. The first-order valence-electron chi connectivity index (χ1n) is 9.77. The topological polar surface area (TPSA) is 96.5 Å². The van der Waals surface area contributed by atoms with Crippen molar-refractivity contribution in [1.82, 2.24) is 10.9 Å². The van der Waals surface area contributed by atoms with Crippen LogP contribution in [0.5, 0.6) is 5.75 Å². The molecule has 7 nitrogen and oxygen atoms in total. The molecule has 0 heterocycles. The number of hydrogen-bond donors (Lipinski definition) is 3. The zero-order chi connectivity index (χ0) is 22.8. The quantitative estimate of drug-likeness (QED) is 0.379. The molecule has 166 valence electrons. The summed E-state index contributed by atoms with van der Waals surface area (Å²) in [6.45, 7) is 4.11. The number of anilines is 1. The Morgan fingerprint density at radius 2 is 1.55 bits per heavy atom. The monoisotopic (exact) mass is 465 g/mol. The first-order chi connectivity index (χ1) is 14.7. The molecule has 0 spiro atoms. The third kappa shape index (κ3) is 8.86. The van der Waals surface area contributed by atoms with Gasteiger partial charge in [-0.2, -0.15) is 0 Å². The Balaban J connectivity index is 1.60. The lowest BCUT2D eigenvalue weighted by Crippen LogP contribution is -2.41. The molecule has 0 aliphatic heterocycles. The van der Waals surface area contributed by atoms with Gasteiger partial charge in [-0.1, -0.05) is 35.3 Å². The molecule has 31 heavy (non-hydrogen) atoms. The second-order valence-corrected chi connectivity index (χ2v) is 7.83. The number of amides is 3. The highest BCUT2D eigenvalue weighted by Crippen LogP contribution is 2.27. The second-order valence-electron chi connectivity index (χ2n) is 6.99. The second kappa shape index (κ2) is 12.2. The zero-order valence-electron chi connectivity index (χ0n) is 17.4. The minimum atomic E-state index is -0.450. The van der Waals surface area contributed by atoms with Crippen LogP contribution in [0.4, 0.5) is 5.69 Å². The predicted molar refractivity (Wildman–Crippen MR) is 121 cm³/mol. The Bertz CT molecular complexity index is 950. The largest absolute Gasteiger partial charge is 0.492 e. The third-order valence-electron chi connectivity index (χ3n) is 4.29. The summed E-state index contributed by atoms with van der Waals surface area (Å²) in [6, 6.07) is 10.6. The van der Waals surface area contributed by atoms with Crippen molar-refractivity contribution in [3.05, 3.63) is 57.6 Å². The lowest BCUT2D eigenvalue weighted by molar-refractivity contribution is -0.129. The normalized spacial score (nSPS) is 10.3. The zero-order valence-corrected chi connectivity index (χ0v) is 18.9. The lowest BCUT2D eigenvalue weighted by Gasteiger charge is -2.10. The van der Waals surface area contributed by atoms with E-state index in [4.69, 9.17) is 27.9 Å². The van der Waals surface area contributed by atoms with E-state index in [2.05, 4.69) is 16.2 Å². The van der Waals surface area contributed by atoms with Crippen molar-refractivity contribution in [2.24, 2.45) is 0 Å². The molecule has 2 rings (SSSR count). The van der Waals surface area contributed by atoms with Crippen LogP contribution in [0.2, 0.25) is 10.0 Å². The molecule has 0 saturated heterocycles. The minimum Gasteiger partial charge on any atom is -0.492 e. The van der Waals surface area contributed by atoms with Gasteiger partial charge in [-0.15, -0.1) is 0 Å². The first-order valence-corrected chi connectivity index (χ1v) is 10.5. The summed E-state index contributed by atoms with van der Waals surface area (Å²) in [7, 11) is 0. The SMILES string of the molecule is Cc1ccc(C)c(NC(=O)CCC(=O)NNC(=O)CCCOc2ccc(Cl)cc2Cl)c1. The molecule has 0 saturated carbocycles. The summed E-state index contributed by atoms with van der Waals surface area (Å²) in [5.74, 6) is -0.597. The fourth-order valence-electron chi connectivity index (χ4n) is 2.58. The van der Waals surface area contributed by atoms with Crippen LogP contribution >= 0.6 is 23.2 Å². The fraction of sp³-hybridized carbons (Fsp3) is 0.318. The Morgan fingerprint density at radius 3 is 2.26 bits per heavy atom. The van der Waals surface area contributed by atoms with E-state index in [9.17, 15) is 14.4 Å². The van der Waals surface area contributed by atoms with Gasteiger partial charge in [0.15, 0.2) is 0 Å². The van der Waals surface area contributed by atoms with E-state index in [-0.39, 0.29) is 37.7 Å². The minimum absolute atomic E-state index is 0.00474. The number of carbonyl (C=O) groups is 3. The van der Waals surface area contributed by atoms with E-state index >= 15 is 0 Å². The molecule has 0 fully saturated rings. The fourth-order valence-corrected chi connectivity index (χ4v) is 3.04. The molecule has 0 atom stereocenters. The summed E-state index contributed by atoms with van der Waals surface area (Å²) >= 11 is 11.8. The summed E-state index contributed by atoms with van der Waals surface area (Å²) < 4.78 is 5.49. The average molecular weight is 466 g/mol. The molecular formula is C22H25Cl2N3O4. The smallest absolute Gasteiger partial charge is 0.238 e. The summed E-state index contributed by atoms with van der Waals surface area (Å²) in [5, 5.41) is 3.69. The number of halogens is 2. The van der Waals surface area contributed by atoms with Gasteiger partial charge >= 0.3 is 0 Å². The lowest BCUT2D eigenvalue weighted by atomic mass is 10.1. The van der Waals surface area contributed by atoms with Crippen LogP contribution in [0.1, 0.15) is 36.8 Å². The number of carbonyl (C=O) groups excluding carboxylic acids is 3. The molecule has 3 N–H and O–H groups in total. The van der Waals surface area contributed by atoms with Gasteiger partial charge in [-0.25, -0.2) is 0 Å². The van der Waals surface area contributed by atoms with Gasteiger partial charge in [0.2, 0.25) is 17.7 Å². The van der Waals surface area contributed by atoms with Crippen molar-refractivity contribution in [2.45, 2.75) is 39.5 Å². The van der Waals surface area contributed by atoms with Crippen LogP contribution in [-0.4, -0.2) is 24.3 Å². The van der Waals surface area contributed by atoms with Crippen LogP contribution in [0.15, 0.2) is 36.4 Å². The maximum Gasteiger partial charge on any atom is 0.238 e. The van der Waals surface area contributed by atoms with Crippen LogP contribution in [-0.2, 0) is 14.4 Å². The predicted octanol–water partition coefficient (Wildman–Crippen LogP) is 4.34. The molecule has 0 aliphatic carbocycles. The maximum absolute atomic E-state index is 12.0. The van der Waals surface area contributed by atoms with E-state index < -0.39 is 5.91 Å². The van der Waals surface area contributed by atoms with Crippen LogP contribution in [0.3, 0.4) is 0 Å².